The van der Waals surface area contributed by atoms with Crippen molar-refractivity contribution in [2.45, 2.75) is 19.3 Å². The van der Waals surface area contributed by atoms with Gasteiger partial charge in [-0.25, -0.2) is 0 Å². The molecule has 0 fully saturated rings. The van der Waals surface area contributed by atoms with Gasteiger partial charge in [-0.05, 0) is 25.7 Å². The lowest BCUT2D eigenvalue weighted by Gasteiger charge is -1.88. The highest BCUT2D eigenvalue weighted by atomic mass is 13.8. The predicted molar refractivity (Wildman–Crippen MR) is 63.9 cm³/mol. The van der Waals surface area contributed by atoms with E-state index in [0.717, 1.165) is 19.3 Å². The maximum atomic E-state index is 2.24. The van der Waals surface area contributed by atoms with Gasteiger partial charge in [-0.15, -0.1) is 0 Å². The molecule has 0 heterocycles. The Morgan fingerprint density at radius 3 is 2.00 bits per heavy atom. The summed E-state index contributed by atoms with van der Waals surface area (Å²) in [7, 11) is 0. The van der Waals surface area contributed by atoms with Gasteiger partial charge in [-0.3, -0.25) is 0 Å². The molecule has 1 aliphatic carbocycles. The molecule has 1 radical (unpaired) electrons. The maximum absolute atomic E-state index is 2.24. The summed E-state index contributed by atoms with van der Waals surface area (Å²) in [5.41, 5.74) is 0. The first-order chi connectivity index (χ1) is 7.00. The Morgan fingerprint density at radius 2 is 1.14 bits per heavy atom. The van der Waals surface area contributed by atoms with Crippen LogP contribution < -0.4 is 0 Å². The average Bonchev–Trinajstić information content (AvgIpc) is 2.22. The van der Waals surface area contributed by atoms with E-state index >= 15 is 0 Å². The molecule has 0 aromatic rings. The molecule has 0 N–H and O–H groups in total. The Balaban J connectivity index is 2.46. The van der Waals surface area contributed by atoms with Crippen LogP contribution >= 0.6 is 0 Å². The van der Waals surface area contributed by atoms with Crippen LogP contribution in [-0.2, 0) is 0 Å². The third kappa shape index (κ3) is 6.24. The lowest BCUT2D eigenvalue weighted by Crippen LogP contribution is -1.68. The molecule has 0 bridgehead atoms. The molecule has 0 saturated carbocycles. The second-order valence-electron chi connectivity index (χ2n) is 3.10. The van der Waals surface area contributed by atoms with Crippen molar-refractivity contribution >= 4 is 0 Å². The standard InChI is InChI=1S/C14H17/c1-2-4-6-8-10-12-14-13-11-9-7-5-3-1/h1-9,12,14H,10-11,13H2/b2-1+,5-3-,6-4+,9-7+,14-12+. The fraction of sp³-hybridized carbons (Fsp3) is 0.214. The highest BCUT2D eigenvalue weighted by molar-refractivity contribution is 5.17. The molecule has 14 heavy (non-hydrogen) atoms. The SMILES string of the molecule is [CH]1/C=C/C=C/C=C\C=C\CC/C=C/C1. The van der Waals surface area contributed by atoms with E-state index < -0.39 is 0 Å². The Kier molecular flexibility index (Phi) is 6.39. The molecule has 0 aliphatic heterocycles. The molecular weight excluding hydrogens is 168 g/mol. The van der Waals surface area contributed by atoms with E-state index in [1.165, 1.54) is 0 Å². The van der Waals surface area contributed by atoms with Crippen LogP contribution in [0.3, 0.4) is 0 Å². The lowest BCUT2D eigenvalue weighted by atomic mass is 10.2. The van der Waals surface area contributed by atoms with Gasteiger partial charge in [0.15, 0.2) is 0 Å². The molecule has 0 spiro atoms. The van der Waals surface area contributed by atoms with Gasteiger partial charge in [0.1, 0.15) is 0 Å². The summed E-state index contributed by atoms with van der Waals surface area (Å²) in [4.78, 5) is 0. The number of hydrogen-bond acceptors (Lipinski definition) is 0. The monoisotopic (exact) mass is 185 g/mol. The molecule has 0 amide bonds. The minimum atomic E-state index is 1.03. The molecule has 1 rings (SSSR count). The Hall–Kier alpha value is -1.30. The van der Waals surface area contributed by atoms with Crippen LogP contribution in [0.15, 0.2) is 60.8 Å². The second kappa shape index (κ2) is 8.31. The van der Waals surface area contributed by atoms with Gasteiger partial charge < -0.3 is 0 Å². The van der Waals surface area contributed by atoms with Gasteiger partial charge >= 0.3 is 0 Å². The van der Waals surface area contributed by atoms with Crippen molar-refractivity contribution in [2.24, 2.45) is 0 Å². The van der Waals surface area contributed by atoms with E-state index in [1.807, 2.05) is 24.3 Å². The van der Waals surface area contributed by atoms with E-state index in [9.17, 15) is 0 Å². The topological polar surface area (TPSA) is 0 Å². The summed E-state index contributed by atoms with van der Waals surface area (Å²) in [6.45, 7) is 0. The predicted octanol–water partition coefficient (Wildman–Crippen LogP) is 4.16. The molecule has 0 saturated heterocycles. The second-order valence-corrected chi connectivity index (χ2v) is 3.10. The first kappa shape index (κ1) is 10.8. The van der Waals surface area contributed by atoms with Crippen molar-refractivity contribution in [1.29, 1.82) is 0 Å². The maximum Gasteiger partial charge on any atom is -0.0130 e. The largest absolute Gasteiger partial charge is 0.0882 e. The lowest BCUT2D eigenvalue weighted by molar-refractivity contribution is 1.04. The van der Waals surface area contributed by atoms with Crippen molar-refractivity contribution < 1.29 is 0 Å². The first-order valence-electron chi connectivity index (χ1n) is 5.13. The fourth-order valence-corrected chi connectivity index (χ4v) is 1.14. The van der Waals surface area contributed by atoms with Gasteiger partial charge in [-0.1, -0.05) is 60.8 Å². The quantitative estimate of drug-likeness (QED) is 0.497. The summed E-state index contributed by atoms with van der Waals surface area (Å²) in [6, 6.07) is 0. The van der Waals surface area contributed by atoms with Crippen molar-refractivity contribution in [3.8, 4) is 0 Å². The molecule has 0 aromatic carbocycles. The molecular formula is C14H17. The number of rotatable bonds is 0. The van der Waals surface area contributed by atoms with Gasteiger partial charge in [0.05, 0.1) is 0 Å². The number of allylic oxidation sites excluding steroid dienone is 10. The highest BCUT2D eigenvalue weighted by Crippen LogP contribution is 1.98. The summed E-state index contributed by atoms with van der Waals surface area (Å²) in [5, 5.41) is 0. The third-order valence-electron chi connectivity index (χ3n) is 1.88. The van der Waals surface area contributed by atoms with Crippen molar-refractivity contribution in [3.05, 3.63) is 67.2 Å². The Bertz CT molecular complexity index is 234. The minimum Gasteiger partial charge on any atom is -0.0882 e. The van der Waals surface area contributed by atoms with E-state index in [-0.39, 0.29) is 0 Å². The molecule has 0 atom stereocenters. The fourth-order valence-electron chi connectivity index (χ4n) is 1.14. The summed E-state index contributed by atoms with van der Waals surface area (Å²) >= 11 is 0. The van der Waals surface area contributed by atoms with Gasteiger partial charge in [0.25, 0.3) is 0 Å². The van der Waals surface area contributed by atoms with E-state index in [0.29, 0.717) is 0 Å². The Labute approximate surface area is 87.0 Å². The van der Waals surface area contributed by atoms with Crippen LogP contribution in [0.2, 0.25) is 0 Å². The van der Waals surface area contributed by atoms with Crippen LogP contribution in [0.25, 0.3) is 0 Å². The average molecular weight is 185 g/mol. The first-order valence-corrected chi connectivity index (χ1v) is 5.13. The van der Waals surface area contributed by atoms with Crippen molar-refractivity contribution in [3.63, 3.8) is 0 Å². The van der Waals surface area contributed by atoms with Crippen LogP contribution in [0.5, 0.6) is 0 Å². The zero-order chi connectivity index (χ0) is 9.90. The zero-order valence-electron chi connectivity index (χ0n) is 8.47. The van der Waals surface area contributed by atoms with Crippen LogP contribution in [0.4, 0.5) is 0 Å². The van der Waals surface area contributed by atoms with Gasteiger partial charge in [0.2, 0.25) is 0 Å². The molecule has 0 heteroatoms. The minimum absolute atomic E-state index is 1.03. The van der Waals surface area contributed by atoms with Crippen LogP contribution in [0, 0.1) is 6.42 Å². The zero-order valence-corrected chi connectivity index (χ0v) is 8.47. The molecule has 0 aromatic heterocycles. The number of hydrogen-bond donors (Lipinski definition) is 0. The van der Waals surface area contributed by atoms with E-state index in [4.69, 9.17) is 0 Å². The normalized spacial score (nSPS) is 29.7. The van der Waals surface area contributed by atoms with Crippen molar-refractivity contribution in [2.75, 3.05) is 0 Å². The molecule has 0 nitrogen and oxygen atoms in total. The van der Waals surface area contributed by atoms with E-state index in [1.54, 1.807) is 0 Å². The van der Waals surface area contributed by atoms with Crippen LogP contribution in [0.1, 0.15) is 19.3 Å². The molecule has 0 unspecified atom stereocenters. The summed E-state index contributed by atoms with van der Waals surface area (Å²) < 4.78 is 0. The van der Waals surface area contributed by atoms with E-state index in [2.05, 4.69) is 42.9 Å². The molecule has 1 aliphatic rings. The summed E-state index contributed by atoms with van der Waals surface area (Å²) in [6.07, 6.45) is 26.5. The Morgan fingerprint density at radius 1 is 0.500 bits per heavy atom. The van der Waals surface area contributed by atoms with Crippen LogP contribution in [-0.4, -0.2) is 0 Å². The van der Waals surface area contributed by atoms with Crippen molar-refractivity contribution in [1.82, 2.24) is 0 Å². The van der Waals surface area contributed by atoms with Gasteiger partial charge in [-0.2, -0.15) is 0 Å². The smallest absolute Gasteiger partial charge is 0.0130 e. The molecule has 73 valence electrons. The third-order valence-corrected chi connectivity index (χ3v) is 1.88. The summed E-state index contributed by atoms with van der Waals surface area (Å²) in [5.74, 6) is 0. The van der Waals surface area contributed by atoms with Gasteiger partial charge in [0, 0.05) is 0 Å². The highest BCUT2D eigenvalue weighted by Gasteiger charge is 1.78.